The molecule has 2 amide bonds. The molecule has 4 nitrogen and oxygen atoms in total. The molecule has 1 aliphatic rings. The summed E-state index contributed by atoms with van der Waals surface area (Å²) in [5, 5.41) is 4.18. The number of rotatable bonds is 2. The van der Waals surface area contributed by atoms with Gasteiger partial charge >= 0.3 is 6.03 Å². The van der Waals surface area contributed by atoms with Gasteiger partial charge in [-0.05, 0) is 63.8 Å². The van der Waals surface area contributed by atoms with Gasteiger partial charge in [-0.1, -0.05) is 42.5 Å². The van der Waals surface area contributed by atoms with E-state index in [-0.39, 0.29) is 17.9 Å². The lowest BCUT2D eigenvalue weighted by Gasteiger charge is -2.36. The van der Waals surface area contributed by atoms with Crippen LogP contribution in [-0.4, -0.2) is 22.5 Å². The van der Waals surface area contributed by atoms with Crippen LogP contribution < -0.4 is 5.32 Å². The number of carbonyl (C=O) groups is 1. The number of halogens is 2. The average molecular weight is 464 g/mol. The van der Waals surface area contributed by atoms with E-state index in [4.69, 9.17) is 0 Å². The van der Waals surface area contributed by atoms with Gasteiger partial charge in [0.15, 0.2) is 0 Å². The molecule has 1 aliphatic heterocycles. The topological polar surface area (TPSA) is 48.1 Å². The van der Waals surface area contributed by atoms with Crippen molar-refractivity contribution in [1.29, 1.82) is 0 Å². The predicted molar refractivity (Wildman–Crippen MR) is 120 cm³/mol. The van der Waals surface area contributed by atoms with E-state index in [0.717, 1.165) is 27.7 Å². The fourth-order valence-electron chi connectivity index (χ4n) is 4.20. The summed E-state index contributed by atoms with van der Waals surface area (Å²) in [4.78, 5) is 18.6. The van der Waals surface area contributed by atoms with Gasteiger partial charge in [0.1, 0.15) is 5.82 Å². The standard InChI is InChI=1S/C24H19BrFN3O/c25-19-6-2-4-8-21(19)28-24(30)29-14-13-18-17-5-1-3-7-20(17)27-22(18)23(29)15-9-11-16(26)12-10-15/h1-12,23,27H,13-14H2,(H,28,30)/t23-/m1/s1. The molecule has 0 saturated heterocycles. The first-order chi connectivity index (χ1) is 14.6. The van der Waals surface area contributed by atoms with Gasteiger partial charge in [0.25, 0.3) is 0 Å². The van der Waals surface area contributed by atoms with Gasteiger partial charge in [0.05, 0.1) is 11.7 Å². The van der Waals surface area contributed by atoms with E-state index < -0.39 is 0 Å². The van der Waals surface area contributed by atoms with Gasteiger partial charge in [-0.15, -0.1) is 0 Å². The summed E-state index contributed by atoms with van der Waals surface area (Å²) in [6.45, 7) is 0.563. The van der Waals surface area contributed by atoms with Crippen molar-refractivity contribution in [3.63, 3.8) is 0 Å². The average Bonchev–Trinajstić information content (AvgIpc) is 3.14. The Hall–Kier alpha value is -3.12. The van der Waals surface area contributed by atoms with Crippen molar-refractivity contribution in [2.24, 2.45) is 0 Å². The zero-order valence-corrected chi connectivity index (χ0v) is 17.6. The number of aromatic nitrogens is 1. The summed E-state index contributed by atoms with van der Waals surface area (Å²) in [7, 11) is 0. The number of urea groups is 1. The number of aromatic amines is 1. The summed E-state index contributed by atoms with van der Waals surface area (Å²) in [5.41, 5.74) is 4.82. The maximum absolute atomic E-state index is 13.6. The number of hydrogen-bond acceptors (Lipinski definition) is 1. The van der Waals surface area contributed by atoms with Crippen molar-refractivity contribution in [2.45, 2.75) is 12.5 Å². The lowest BCUT2D eigenvalue weighted by molar-refractivity contribution is 0.193. The van der Waals surface area contributed by atoms with Gasteiger partial charge in [0.2, 0.25) is 0 Å². The Bertz CT molecular complexity index is 1230. The number of H-pyrrole nitrogens is 1. The molecule has 0 bridgehead atoms. The molecular weight excluding hydrogens is 445 g/mol. The molecule has 0 saturated carbocycles. The molecule has 2 heterocycles. The van der Waals surface area contributed by atoms with Crippen LogP contribution >= 0.6 is 15.9 Å². The third-order valence-corrected chi connectivity index (χ3v) is 6.29. The molecular formula is C24H19BrFN3O. The van der Waals surface area contributed by atoms with Crippen molar-refractivity contribution < 1.29 is 9.18 Å². The Morgan fingerprint density at radius 1 is 1.03 bits per heavy atom. The summed E-state index contributed by atoms with van der Waals surface area (Å²) in [6.07, 6.45) is 0.750. The van der Waals surface area contributed by atoms with Crippen LogP contribution in [0.1, 0.15) is 22.9 Å². The van der Waals surface area contributed by atoms with E-state index in [1.165, 1.54) is 23.1 Å². The molecule has 0 unspecified atom stereocenters. The molecule has 150 valence electrons. The highest BCUT2D eigenvalue weighted by Crippen LogP contribution is 2.39. The fourth-order valence-corrected chi connectivity index (χ4v) is 4.58. The number of nitrogens with one attached hydrogen (secondary N) is 2. The van der Waals surface area contributed by atoms with Crippen LogP contribution in [0.5, 0.6) is 0 Å². The number of carbonyl (C=O) groups excluding carboxylic acids is 1. The number of nitrogens with zero attached hydrogens (tertiary/aromatic N) is 1. The lowest BCUT2D eigenvalue weighted by atomic mass is 9.92. The molecule has 5 rings (SSSR count). The Kier molecular flexibility index (Phi) is 4.79. The van der Waals surface area contributed by atoms with Crippen LogP contribution in [-0.2, 0) is 6.42 Å². The largest absolute Gasteiger partial charge is 0.356 e. The second-order valence-electron chi connectivity index (χ2n) is 7.37. The van der Waals surface area contributed by atoms with Crippen molar-refractivity contribution in [1.82, 2.24) is 9.88 Å². The van der Waals surface area contributed by atoms with Crippen LogP contribution in [0.4, 0.5) is 14.9 Å². The van der Waals surface area contributed by atoms with Gasteiger partial charge in [0, 0.05) is 27.6 Å². The molecule has 0 spiro atoms. The molecule has 0 fully saturated rings. The SMILES string of the molecule is O=C(Nc1ccccc1Br)N1CCc2c([nH]c3ccccc23)[C@H]1c1ccc(F)cc1. The third kappa shape index (κ3) is 3.27. The van der Waals surface area contributed by atoms with E-state index in [1.807, 2.05) is 47.4 Å². The second kappa shape index (κ2) is 7.61. The first-order valence-electron chi connectivity index (χ1n) is 9.79. The fraction of sp³-hybridized carbons (Fsp3) is 0.125. The third-order valence-electron chi connectivity index (χ3n) is 5.60. The summed E-state index contributed by atoms with van der Waals surface area (Å²) in [5.74, 6) is -0.296. The van der Waals surface area contributed by atoms with Gasteiger partial charge in [-0.3, -0.25) is 0 Å². The Morgan fingerprint density at radius 3 is 2.57 bits per heavy atom. The van der Waals surface area contributed by atoms with Gasteiger partial charge in [-0.25, -0.2) is 9.18 Å². The monoisotopic (exact) mass is 463 g/mol. The van der Waals surface area contributed by atoms with E-state index >= 15 is 0 Å². The molecule has 1 atom stereocenters. The van der Waals surface area contributed by atoms with E-state index in [1.54, 1.807) is 12.1 Å². The molecule has 4 aromatic rings. The van der Waals surface area contributed by atoms with Crippen molar-refractivity contribution in [3.05, 3.63) is 99.9 Å². The Labute approximate surface area is 181 Å². The number of para-hydroxylation sites is 2. The highest BCUT2D eigenvalue weighted by molar-refractivity contribution is 9.10. The Balaban J connectivity index is 1.59. The van der Waals surface area contributed by atoms with Crippen molar-refractivity contribution in [2.75, 3.05) is 11.9 Å². The molecule has 30 heavy (non-hydrogen) atoms. The smallest absolute Gasteiger partial charge is 0.322 e. The molecule has 6 heteroatoms. The van der Waals surface area contributed by atoms with Gasteiger partial charge in [-0.2, -0.15) is 0 Å². The maximum Gasteiger partial charge on any atom is 0.322 e. The summed E-state index contributed by atoms with van der Waals surface area (Å²) in [6, 6.07) is 21.5. The minimum Gasteiger partial charge on any atom is -0.356 e. The molecule has 0 radical (unpaired) electrons. The zero-order valence-electron chi connectivity index (χ0n) is 16.0. The first-order valence-corrected chi connectivity index (χ1v) is 10.6. The number of hydrogen-bond donors (Lipinski definition) is 2. The number of fused-ring (bicyclic) bond motifs is 3. The molecule has 1 aromatic heterocycles. The highest BCUT2D eigenvalue weighted by Gasteiger charge is 2.34. The molecule has 2 N–H and O–H groups in total. The summed E-state index contributed by atoms with van der Waals surface area (Å²) >= 11 is 3.48. The van der Waals surface area contributed by atoms with E-state index in [2.05, 4.69) is 32.3 Å². The number of amides is 2. The van der Waals surface area contributed by atoms with E-state index in [0.29, 0.717) is 12.2 Å². The van der Waals surface area contributed by atoms with Gasteiger partial charge < -0.3 is 15.2 Å². The maximum atomic E-state index is 13.6. The zero-order chi connectivity index (χ0) is 20.7. The first kappa shape index (κ1) is 18.9. The van der Waals surface area contributed by atoms with E-state index in [9.17, 15) is 9.18 Å². The molecule has 3 aromatic carbocycles. The van der Waals surface area contributed by atoms with Crippen molar-refractivity contribution >= 4 is 38.6 Å². The Morgan fingerprint density at radius 2 is 1.77 bits per heavy atom. The highest BCUT2D eigenvalue weighted by atomic mass is 79.9. The van der Waals surface area contributed by atoms with Crippen molar-refractivity contribution in [3.8, 4) is 0 Å². The predicted octanol–water partition coefficient (Wildman–Crippen LogP) is 6.25. The second-order valence-corrected chi connectivity index (χ2v) is 8.22. The quantitative estimate of drug-likeness (QED) is 0.362. The minimum atomic E-state index is -0.329. The summed E-state index contributed by atoms with van der Waals surface area (Å²) < 4.78 is 14.4. The minimum absolute atomic E-state index is 0.194. The number of anilines is 1. The normalized spacial score (nSPS) is 15.8. The number of benzene rings is 3. The molecule has 0 aliphatic carbocycles. The lowest BCUT2D eigenvalue weighted by Crippen LogP contribution is -2.43. The van der Waals surface area contributed by atoms with Crippen LogP contribution in [0.15, 0.2) is 77.3 Å². The van der Waals surface area contributed by atoms with Crippen LogP contribution in [0.3, 0.4) is 0 Å². The van der Waals surface area contributed by atoms with Crippen LogP contribution in [0, 0.1) is 5.82 Å². The van der Waals surface area contributed by atoms with Crippen LogP contribution in [0.2, 0.25) is 0 Å². The van der Waals surface area contributed by atoms with Crippen LogP contribution in [0.25, 0.3) is 10.9 Å².